The molecular formula is C21H20ClNO2S. The molecule has 134 valence electrons. The molecular weight excluding hydrogens is 366 g/mol. The SMILES string of the molecule is CC1(C)CC(=O)C2=C(C1)N(c1ccc(Cl)cc1)C(=O)CC2c1ccsc1. The highest BCUT2D eigenvalue weighted by Gasteiger charge is 2.44. The first-order valence-electron chi connectivity index (χ1n) is 8.72. The highest BCUT2D eigenvalue weighted by atomic mass is 35.5. The van der Waals surface area contributed by atoms with Gasteiger partial charge in [-0.15, -0.1) is 0 Å². The van der Waals surface area contributed by atoms with Gasteiger partial charge in [0.1, 0.15) is 0 Å². The van der Waals surface area contributed by atoms with E-state index in [0.29, 0.717) is 24.3 Å². The third-order valence-corrected chi connectivity index (χ3v) is 6.13. The summed E-state index contributed by atoms with van der Waals surface area (Å²) in [5, 5.41) is 4.68. The van der Waals surface area contributed by atoms with E-state index >= 15 is 0 Å². The third-order valence-electron chi connectivity index (χ3n) is 5.17. The maximum absolute atomic E-state index is 13.1. The van der Waals surface area contributed by atoms with E-state index in [4.69, 9.17) is 11.6 Å². The van der Waals surface area contributed by atoms with Gasteiger partial charge in [-0.3, -0.25) is 14.5 Å². The summed E-state index contributed by atoms with van der Waals surface area (Å²) in [4.78, 5) is 27.9. The van der Waals surface area contributed by atoms with Gasteiger partial charge in [-0.1, -0.05) is 25.4 Å². The number of amides is 1. The quantitative estimate of drug-likeness (QED) is 0.678. The number of carbonyl (C=O) groups is 2. The number of halogens is 1. The fourth-order valence-electron chi connectivity index (χ4n) is 4.06. The van der Waals surface area contributed by atoms with Gasteiger partial charge in [0.05, 0.1) is 0 Å². The molecule has 0 fully saturated rings. The fraction of sp³-hybridized carbons (Fsp3) is 0.333. The highest BCUT2D eigenvalue weighted by Crippen LogP contribution is 2.48. The molecule has 1 aromatic heterocycles. The van der Waals surface area contributed by atoms with Crippen LogP contribution in [0.3, 0.4) is 0 Å². The van der Waals surface area contributed by atoms with E-state index in [0.717, 1.165) is 22.5 Å². The monoisotopic (exact) mass is 385 g/mol. The summed E-state index contributed by atoms with van der Waals surface area (Å²) in [6.45, 7) is 4.18. The van der Waals surface area contributed by atoms with Crippen LogP contribution in [0.25, 0.3) is 0 Å². The summed E-state index contributed by atoms with van der Waals surface area (Å²) >= 11 is 7.62. The topological polar surface area (TPSA) is 37.4 Å². The van der Waals surface area contributed by atoms with E-state index in [1.807, 2.05) is 29.0 Å². The Morgan fingerprint density at radius 2 is 1.85 bits per heavy atom. The molecule has 1 amide bonds. The first-order valence-corrected chi connectivity index (χ1v) is 10.0. The molecule has 0 spiro atoms. The van der Waals surface area contributed by atoms with Crippen LogP contribution >= 0.6 is 22.9 Å². The number of Topliss-reactive ketones (excluding diaryl/α,β-unsaturated/α-hetero) is 1. The zero-order valence-corrected chi connectivity index (χ0v) is 16.4. The van der Waals surface area contributed by atoms with Crippen molar-refractivity contribution in [1.29, 1.82) is 0 Å². The van der Waals surface area contributed by atoms with E-state index in [1.165, 1.54) is 0 Å². The number of rotatable bonds is 2. The normalized spacial score (nSPS) is 22.6. The van der Waals surface area contributed by atoms with Crippen molar-refractivity contribution in [2.75, 3.05) is 4.90 Å². The Bertz CT molecular complexity index is 897. The van der Waals surface area contributed by atoms with Crippen LogP contribution in [0, 0.1) is 5.41 Å². The Labute approximate surface area is 162 Å². The van der Waals surface area contributed by atoms with Crippen molar-refractivity contribution in [3.05, 3.63) is 62.9 Å². The second-order valence-electron chi connectivity index (χ2n) is 7.82. The second kappa shape index (κ2) is 6.36. The lowest BCUT2D eigenvalue weighted by molar-refractivity contribution is -0.121. The average molecular weight is 386 g/mol. The van der Waals surface area contributed by atoms with Crippen molar-refractivity contribution >= 4 is 40.3 Å². The average Bonchev–Trinajstić information content (AvgIpc) is 3.08. The van der Waals surface area contributed by atoms with Crippen LogP contribution in [0.15, 0.2) is 52.4 Å². The molecule has 0 radical (unpaired) electrons. The molecule has 1 aliphatic heterocycles. The number of hydrogen-bond donors (Lipinski definition) is 0. The molecule has 1 aliphatic carbocycles. The van der Waals surface area contributed by atoms with Crippen molar-refractivity contribution in [2.45, 2.75) is 39.0 Å². The minimum atomic E-state index is -0.155. The van der Waals surface area contributed by atoms with Crippen LogP contribution in [-0.2, 0) is 9.59 Å². The first kappa shape index (κ1) is 17.5. The predicted molar refractivity (Wildman–Crippen MR) is 106 cm³/mol. The number of hydrogen-bond acceptors (Lipinski definition) is 3. The van der Waals surface area contributed by atoms with Crippen LogP contribution in [0.4, 0.5) is 5.69 Å². The lowest BCUT2D eigenvalue weighted by Crippen LogP contribution is -2.43. The van der Waals surface area contributed by atoms with Crippen LogP contribution in [0.2, 0.25) is 5.02 Å². The van der Waals surface area contributed by atoms with Crippen molar-refractivity contribution in [2.24, 2.45) is 5.41 Å². The van der Waals surface area contributed by atoms with Gasteiger partial charge in [0.25, 0.3) is 0 Å². The van der Waals surface area contributed by atoms with Gasteiger partial charge in [0, 0.05) is 40.7 Å². The molecule has 0 saturated carbocycles. The number of ketones is 1. The molecule has 26 heavy (non-hydrogen) atoms. The maximum atomic E-state index is 13.1. The number of benzene rings is 1. The predicted octanol–water partition coefficient (Wildman–Crippen LogP) is 5.57. The van der Waals surface area contributed by atoms with E-state index in [1.54, 1.807) is 28.4 Å². The van der Waals surface area contributed by atoms with Crippen molar-refractivity contribution in [3.63, 3.8) is 0 Å². The van der Waals surface area contributed by atoms with Crippen LogP contribution in [0.5, 0.6) is 0 Å². The molecule has 2 aliphatic rings. The number of carbonyl (C=O) groups excluding carboxylic acids is 2. The molecule has 0 bridgehead atoms. The maximum Gasteiger partial charge on any atom is 0.232 e. The van der Waals surface area contributed by atoms with Gasteiger partial charge < -0.3 is 0 Å². The lowest BCUT2D eigenvalue weighted by atomic mass is 9.69. The standard InChI is InChI=1S/C21H20ClNO2S/c1-21(2)10-17-20(18(24)11-21)16(13-7-8-26-12-13)9-19(25)23(17)15-5-3-14(22)4-6-15/h3-8,12,16H,9-11H2,1-2H3. The van der Waals surface area contributed by atoms with E-state index < -0.39 is 0 Å². The molecule has 5 heteroatoms. The third kappa shape index (κ3) is 3.01. The van der Waals surface area contributed by atoms with Gasteiger partial charge >= 0.3 is 0 Å². The number of anilines is 1. The summed E-state index contributed by atoms with van der Waals surface area (Å²) in [5.74, 6) is 0.0718. The number of nitrogens with zero attached hydrogens (tertiary/aromatic N) is 1. The molecule has 0 saturated heterocycles. The smallest absolute Gasteiger partial charge is 0.232 e. The molecule has 0 N–H and O–H groups in total. The summed E-state index contributed by atoms with van der Waals surface area (Å²) in [6.07, 6.45) is 1.56. The second-order valence-corrected chi connectivity index (χ2v) is 9.04. The summed E-state index contributed by atoms with van der Waals surface area (Å²) in [7, 11) is 0. The van der Waals surface area contributed by atoms with Gasteiger partial charge in [-0.05, 0) is 58.5 Å². The van der Waals surface area contributed by atoms with Crippen LogP contribution in [-0.4, -0.2) is 11.7 Å². The Hall–Kier alpha value is -1.91. The van der Waals surface area contributed by atoms with E-state index in [-0.39, 0.29) is 23.0 Å². The summed E-state index contributed by atoms with van der Waals surface area (Å²) in [5.41, 5.74) is 3.37. The molecule has 2 heterocycles. The Morgan fingerprint density at radius 1 is 1.12 bits per heavy atom. The zero-order chi connectivity index (χ0) is 18.5. The minimum Gasteiger partial charge on any atom is -0.294 e. The summed E-state index contributed by atoms with van der Waals surface area (Å²) in [6, 6.07) is 9.29. The Kier molecular flexibility index (Phi) is 4.28. The van der Waals surface area contributed by atoms with Crippen molar-refractivity contribution in [3.8, 4) is 0 Å². The van der Waals surface area contributed by atoms with Gasteiger partial charge in [0.15, 0.2) is 5.78 Å². The fourth-order valence-corrected chi connectivity index (χ4v) is 4.90. The van der Waals surface area contributed by atoms with Gasteiger partial charge in [-0.25, -0.2) is 0 Å². The van der Waals surface area contributed by atoms with Crippen molar-refractivity contribution < 1.29 is 9.59 Å². The zero-order valence-electron chi connectivity index (χ0n) is 14.8. The van der Waals surface area contributed by atoms with Crippen LogP contribution < -0.4 is 4.90 Å². The van der Waals surface area contributed by atoms with Gasteiger partial charge in [-0.2, -0.15) is 11.3 Å². The van der Waals surface area contributed by atoms with E-state index in [2.05, 4.69) is 13.8 Å². The molecule has 1 unspecified atom stereocenters. The molecule has 4 rings (SSSR count). The van der Waals surface area contributed by atoms with E-state index in [9.17, 15) is 9.59 Å². The van der Waals surface area contributed by atoms with Crippen molar-refractivity contribution in [1.82, 2.24) is 0 Å². The largest absolute Gasteiger partial charge is 0.294 e. The van der Waals surface area contributed by atoms with Crippen LogP contribution in [0.1, 0.15) is 44.6 Å². The number of thiophene rings is 1. The van der Waals surface area contributed by atoms with Gasteiger partial charge in [0.2, 0.25) is 5.91 Å². The molecule has 2 aromatic rings. The highest BCUT2D eigenvalue weighted by molar-refractivity contribution is 7.08. The minimum absolute atomic E-state index is 0.0350. The molecule has 1 atom stereocenters. The molecule has 3 nitrogen and oxygen atoms in total. The first-order chi connectivity index (χ1) is 12.4. The number of allylic oxidation sites excluding steroid dienone is 2. The molecule has 1 aromatic carbocycles. The Balaban J connectivity index is 1.89. The summed E-state index contributed by atoms with van der Waals surface area (Å²) < 4.78 is 0. The lowest BCUT2D eigenvalue weighted by Gasteiger charge is -2.42. The Morgan fingerprint density at radius 3 is 2.50 bits per heavy atom.